The van der Waals surface area contributed by atoms with Crippen molar-refractivity contribution in [2.24, 2.45) is 5.92 Å². The molecule has 2 heterocycles. The van der Waals surface area contributed by atoms with Gasteiger partial charge in [0.05, 0.1) is 0 Å². The van der Waals surface area contributed by atoms with Crippen LogP contribution in [0.15, 0.2) is 4.52 Å². The van der Waals surface area contributed by atoms with E-state index in [1.165, 1.54) is 16.1 Å². The SMILES string of the molecule is Cc1nc(C[C@@H]2CCCN(S(=O)(=O)[C@@H](C)C(=O)N(C)C)C2)no1. The van der Waals surface area contributed by atoms with Gasteiger partial charge in [0.1, 0.15) is 0 Å². The van der Waals surface area contributed by atoms with Crippen molar-refractivity contribution >= 4 is 15.9 Å². The smallest absolute Gasteiger partial charge is 0.241 e. The van der Waals surface area contributed by atoms with Crippen LogP contribution in [0.25, 0.3) is 0 Å². The van der Waals surface area contributed by atoms with Crippen molar-refractivity contribution in [3.05, 3.63) is 11.7 Å². The quantitative estimate of drug-likeness (QED) is 0.769. The first-order valence-electron chi connectivity index (χ1n) is 7.71. The van der Waals surface area contributed by atoms with E-state index in [-0.39, 0.29) is 5.92 Å². The lowest BCUT2D eigenvalue weighted by molar-refractivity contribution is -0.128. The highest BCUT2D eigenvalue weighted by Crippen LogP contribution is 2.24. The van der Waals surface area contributed by atoms with E-state index in [9.17, 15) is 13.2 Å². The Morgan fingerprint density at radius 1 is 1.48 bits per heavy atom. The third-order valence-electron chi connectivity index (χ3n) is 4.12. The minimum absolute atomic E-state index is 0.136. The fraction of sp³-hybridized carbons (Fsp3) is 0.786. The number of hydrogen-bond donors (Lipinski definition) is 0. The van der Waals surface area contributed by atoms with Crippen LogP contribution in [0.3, 0.4) is 0 Å². The molecule has 1 saturated heterocycles. The van der Waals surface area contributed by atoms with Gasteiger partial charge in [-0.05, 0) is 25.7 Å². The Hall–Kier alpha value is -1.48. The fourth-order valence-corrected chi connectivity index (χ4v) is 4.54. The lowest BCUT2D eigenvalue weighted by atomic mass is 9.96. The summed E-state index contributed by atoms with van der Waals surface area (Å²) in [5, 5.41) is 2.80. The average molecular weight is 344 g/mol. The summed E-state index contributed by atoms with van der Waals surface area (Å²) in [6.45, 7) is 4.02. The summed E-state index contributed by atoms with van der Waals surface area (Å²) in [5.74, 6) is 0.841. The van der Waals surface area contributed by atoms with E-state index < -0.39 is 21.2 Å². The lowest BCUT2D eigenvalue weighted by Crippen LogP contribution is -2.48. The Morgan fingerprint density at radius 2 is 2.17 bits per heavy atom. The highest BCUT2D eigenvalue weighted by atomic mass is 32.2. The molecule has 0 aromatic carbocycles. The van der Waals surface area contributed by atoms with Gasteiger partial charge in [0.2, 0.25) is 21.8 Å². The summed E-state index contributed by atoms with van der Waals surface area (Å²) in [6, 6.07) is 0. The molecule has 2 atom stereocenters. The zero-order chi connectivity index (χ0) is 17.2. The van der Waals surface area contributed by atoms with Crippen LogP contribution in [0.2, 0.25) is 0 Å². The molecular weight excluding hydrogens is 320 g/mol. The van der Waals surface area contributed by atoms with Gasteiger partial charge in [-0.15, -0.1) is 0 Å². The molecule has 1 fully saturated rings. The normalized spacial score (nSPS) is 21.1. The number of aryl methyl sites for hydroxylation is 1. The minimum atomic E-state index is -3.65. The fourth-order valence-electron chi connectivity index (χ4n) is 2.82. The Bertz CT molecular complexity index is 655. The summed E-state index contributed by atoms with van der Waals surface area (Å²) < 4.78 is 31.7. The Kier molecular flexibility index (Phi) is 5.41. The van der Waals surface area contributed by atoms with Gasteiger partial charge in [-0.3, -0.25) is 4.79 Å². The summed E-state index contributed by atoms with van der Waals surface area (Å²) >= 11 is 0. The van der Waals surface area contributed by atoms with Crippen LogP contribution in [0.5, 0.6) is 0 Å². The zero-order valence-corrected chi connectivity index (χ0v) is 14.8. The summed E-state index contributed by atoms with van der Waals surface area (Å²) in [4.78, 5) is 17.5. The van der Waals surface area contributed by atoms with Gasteiger partial charge in [-0.2, -0.15) is 4.98 Å². The van der Waals surface area contributed by atoms with E-state index in [1.54, 1.807) is 21.0 Å². The summed E-state index contributed by atoms with van der Waals surface area (Å²) in [7, 11) is -0.526. The van der Waals surface area contributed by atoms with E-state index in [2.05, 4.69) is 10.1 Å². The number of rotatable bonds is 5. The van der Waals surface area contributed by atoms with Crippen molar-refractivity contribution in [1.29, 1.82) is 0 Å². The third kappa shape index (κ3) is 4.08. The Balaban J connectivity index is 2.06. The van der Waals surface area contributed by atoms with Gasteiger partial charge in [0.15, 0.2) is 11.1 Å². The van der Waals surface area contributed by atoms with Crippen LogP contribution in [0.1, 0.15) is 31.5 Å². The van der Waals surface area contributed by atoms with Crippen LogP contribution in [0, 0.1) is 12.8 Å². The average Bonchev–Trinajstić information content (AvgIpc) is 2.90. The first kappa shape index (κ1) is 17.9. The predicted molar refractivity (Wildman–Crippen MR) is 84.1 cm³/mol. The second-order valence-corrected chi connectivity index (χ2v) is 8.47. The molecule has 0 aliphatic carbocycles. The van der Waals surface area contributed by atoms with E-state index in [0.29, 0.717) is 31.2 Å². The van der Waals surface area contributed by atoms with E-state index in [4.69, 9.17) is 4.52 Å². The molecule has 0 bridgehead atoms. The molecule has 130 valence electrons. The maximum absolute atomic E-state index is 12.7. The zero-order valence-electron chi connectivity index (χ0n) is 14.0. The van der Waals surface area contributed by atoms with Crippen molar-refractivity contribution < 1.29 is 17.7 Å². The molecule has 0 saturated carbocycles. The monoisotopic (exact) mass is 344 g/mol. The number of hydrogen-bond acceptors (Lipinski definition) is 6. The summed E-state index contributed by atoms with van der Waals surface area (Å²) in [6.07, 6.45) is 2.26. The maximum atomic E-state index is 12.7. The molecule has 0 N–H and O–H groups in total. The van der Waals surface area contributed by atoms with E-state index >= 15 is 0 Å². The van der Waals surface area contributed by atoms with Gasteiger partial charge in [0, 0.05) is 40.5 Å². The van der Waals surface area contributed by atoms with Gasteiger partial charge in [0.25, 0.3) is 0 Å². The molecule has 2 rings (SSSR count). The number of carbonyl (C=O) groups is 1. The van der Waals surface area contributed by atoms with Crippen molar-refractivity contribution in [2.45, 2.75) is 38.4 Å². The second kappa shape index (κ2) is 6.96. The Labute approximate surface area is 136 Å². The van der Waals surface area contributed by atoms with Gasteiger partial charge >= 0.3 is 0 Å². The standard InChI is InChI=1S/C14H24N4O4S/c1-10(14(19)17(3)4)23(20,21)18-7-5-6-12(9-18)8-13-15-11(2)22-16-13/h10,12H,5-9H2,1-4H3/t10-,12-/m0/s1. The molecular formula is C14H24N4O4S. The summed E-state index contributed by atoms with van der Waals surface area (Å²) in [5.41, 5.74) is 0. The molecule has 0 spiro atoms. The van der Waals surface area contributed by atoms with Gasteiger partial charge in [-0.25, -0.2) is 12.7 Å². The molecule has 1 aromatic heterocycles. The van der Waals surface area contributed by atoms with E-state index in [1.807, 2.05) is 0 Å². The lowest BCUT2D eigenvalue weighted by Gasteiger charge is -2.33. The third-order valence-corrected chi connectivity index (χ3v) is 6.26. The van der Waals surface area contributed by atoms with E-state index in [0.717, 1.165) is 12.8 Å². The highest BCUT2D eigenvalue weighted by molar-refractivity contribution is 7.90. The molecule has 8 nitrogen and oxygen atoms in total. The largest absolute Gasteiger partial charge is 0.348 e. The molecule has 0 unspecified atom stereocenters. The number of piperidine rings is 1. The number of carbonyl (C=O) groups excluding carboxylic acids is 1. The molecule has 1 aliphatic rings. The Morgan fingerprint density at radius 3 is 2.74 bits per heavy atom. The van der Waals surface area contributed by atoms with Crippen LogP contribution in [0.4, 0.5) is 0 Å². The van der Waals surface area contributed by atoms with Gasteiger partial charge < -0.3 is 9.42 Å². The first-order chi connectivity index (χ1) is 10.7. The number of aromatic nitrogens is 2. The maximum Gasteiger partial charge on any atom is 0.241 e. The van der Waals surface area contributed by atoms with Crippen LogP contribution in [-0.4, -0.2) is 66.1 Å². The topological polar surface area (TPSA) is 96.6 Å². The molecule has 1 amide bonds. The van der Waals surface area contributed by atoms with Crippen LogP contribution < -0.4 is 0 Å². The molecule has 1 aliphatic heterocycles. The van der Waals surface area contributed by atoms with Crippen molar-refractivity contribution in [2.75, 3.05) is 27.2 Å². The van der Waals surface area contributed by atoms with Gasteiger partial charge in [-0.1, -0.05) is 5.16 Å². The first-order valence-corrected chi connectivity index (χ1v) is 9.21. The second-order valence-electron chi connectivity index (χ2n) is 6.22. The number of nitrogens with zero attached hydrogens (tertiary/aromatic N) is 4. The predicted octanol–water partition coefficient (Wildman–Crippen LogP) is 0.439. The van der Waals surface area contributed by atoms with Crippen LogP contribution in [-0.2, 0) is 21.2 Å². The van der Waals surface area contributed by atoms with Crippen molar-refractivity contribution in [1.82, 2.24) is 19.3 Å². The van der Waals surface area contributed by atoms with Crippen molar-refractivity contribution in [3.8, 4) is 0 Å². The molecule has 0 radical (unpaired) electrons. The minimum Gasteiger partial charge on any atom is -0.348 e. The molecule has 1 aromatic rings. The highest BCUT2D eigenvalue weighted by Gasteiger charge is 2.37. The van der Waals surface area contributed by atoms with Crippen LogP contribution >= 0.6 is 0 Å². The van der Waals surface area contributed by atoms with Crippen molar-refractivity contribution in [3.63, 3.8) is 0 Å². The molecule has 23 heavy (non-hydrogen) atoms. The number of sulfonamides is 1. The molecule has 9 heteroatoms. The number of amides is 1.